The standard InChI is InChI=1S/C8H18O2/c1-7(2)5-6-8(9-3)10-4/h7-8H,5-6H2,1-4H3. The minimum atomic E-state index is -0.0117. The molecule has 62 valence electrons. The molecule has 2 nitrogen and oxygen atoms in total. The topological polar surface area (TPSA) is 18.5 Å². The van der Waals surface area contributed by atoms with E-state index >= 15 is 0 Å². The second-order valence-corrected chi connectivity index (χ2v) is 2.87. The highest BCUT2D eigenvalue weighted by atomic mass is 16.7. The Kier molecular flexibility index (Phi) is 5.64. The van der Waals surface area contributed by atoms with Gasteiger partial charge in [-0.25, -0.2) is 0 Å². The third kappa shape index (κ3) is 4.77. The molecule has 0 atom stereocenters. The lowest BCUT2D eigenvalue weighted by Gasteiger charge is -2.13. The summed E-state index contributed by atoms with van der Waals surface area (Å²) in [5.41, 5.74) is 0. The van der Waals surface area contributed by atoms with Crippen LogP contribution in [0.4, 0.5) is 0 Å². The van der Waals surface area contributed by atoms with E-state index in [0.717, 1.165) is 18.8 Å². The highest BCUT2D eigenvalue weighted by Gasteiger charge is 2.04. The Morgan fingerprint density at radius 2 is 1.50 bits per heavy atom. The number of ether oxygens (including phenoxy) is 2. The molecule has 0 aliphatic rings. The molecule has 0 fully saturated rings. The van der Waals surface area contributed by atoms with Crippen LogP contribution in [0.3, 0.4) is 0 Å². The van der Waals surface area contributed by atoms with Crippen LogP contribution in [0.15, 0.2) is 0 Å². The first-order valence-electron chi connectivity index (χ1n) is 3.76. The van der Waals surface area contributed by atoms with E-state index in [1.165, 1.54) is 0 Å². The summed E-state index contributed by atoms with van der Waals surface area (Å²) in [6.07, 6.45) is 2.14. The van der Waals surface area contributed by atoms with Crippen LogP contribution < -0.4 is 0 Å². The zero-order valence-electron chi connectivity index (χ0n) is 7.39. The van der Waals surface area contributed by atoms with Gasteiger partial charge in [0.25, 0.3) is 0 Å². The lowest BCUT2D eigenvalue weighted by molar-refractivity contribution is -0.108. The zero-order valence-corrected chi connectivity index (χ0v) is 7.39. The molecule has 0 radical (unpaired) electrons. The number of hydrogen-bond acceptors (Lipinski definition) is 2. The average molecular weight is 146 g/mol. The van der Waals surface area contributed by atoms with Crippen molar-refractivity contribution in [1.29, 1.82) is 0 Å². The summed E-state index contributed by atoms with van der Waals surface area (Å²) in [5, 5.41) is 0. The molecular weight excluding hydrogens is 128 g/mol. The van der Waals surface area contributed by atoms with Crippen molar-refractivity contribution in [3.63, 3.8) is 0 Å². The Balaban J connectivity index is 3.26. The molecule has 0 unspecified atom stereocenters. The van der Waals surface area contributed by atoms with E-state index in [4.69, 9.17) is 9.47 Å². The molecule has 0 aromatic heterocycles. The molecule has 0 spiro atoms. The van der Waals surface area contributed by atoms with E-state index in [-0.39, 0.29) is 6.29 Å². The molecule has 0 aromatic rings. The van der Waals surface area contributed by atoms with E-state index in [0.29, 0.717) is 0 Å². The van der Waals surface area contributed by atoms with Gasteiger partial charge < -0.3 is 9.47 Å². The summed E-state index contributed by atoms with van der Waals surface area (Å²) in [7, 11) is 3.35. The molecular formula is C8H18O2. The Morgan fingerprint density at radius 1 is 1.00 bits per heavy atom. The maximum absolute atomic E-state index is 5.03. The summed E-state index contributed by atoms with van der Waals surface area (Å²) in [6.45, 7) is 4.39. The molecule has 0 aliphatic carbocycles. The zero-order chi connectivity index (χ0) is 7.98. The maximum Gasteiger partial charge on any atom is 0.156 e. The first kappa shape index (κ1) is 9.92. The highest BCUT2D eigenvalue weighted by molar-refractivity contribution is 4.48. The van der Waals surface area contributed by atoms with Crippen molar-refractivity contribution in [2.75, 3.05) is 14.2 Å². The van der Waals surface area contributed by atoms with Gasteiger partial charge >= 0.3 is 0 Å². The fourth-order valence-electron chi connectivity index (χ4n) is 0.801. The largest absolute Gasteiger partial charge is 0.356 e. The van der Waals surface area contributed by atoms with Gasteiger partial charge in [-0.1, -0.05) is 13.8 Å². The van der Waals surface area contributed by atoms with E-state index < -0.39 is 0 Å². The van der Waals surface area contributed by atoms with Gasteiger partial charge in [0, 0.05) is 14.2 Å². The van der Waals surface area contributed by atoms with Crippen molar-refractivity contribution in [3.05, 3.63) is 0 Å². The van der Waals surface area contributed by atoms with Gasteiger partial charge in [-0.2, -0.15) is 0 Å². The van der Waals surface area contributed by atoms with Gasteiger partial charge in [0.1, 0.15) is 0 Å². The molecule has 10 heavy (non-hydrogen) atoms. The van der Waals surface area contributed by atoms with Crippen LogP contribution in [0.1, 0.15) is 26.7 Å². The number of methoxy groups -OCH3 is 2. The van der Waals surface area contributed by atoms with Crippen LogP contribution in [0, 0.1) is 5.92 Å². The number of rotatable bonds is 5. The maximum atomic E-state index is 5.03. The Morgan fingerprint density at radius 3 is 1.80 bits per heavy atom. The summed E-state index contributed by atoms with van der Waals surface area (Å²) in [6, 6.07) is 0. The Hall–Kier alpha value is -0.0800. The minimum Gasteiger partial charge on any atom is -0.356 e. The van der Waals surface area contributed by atoms with E-state index in [9.17, 15) is 0 Å². The average Bonchev–Trinajstić information content (AvgIpc) is 1.90. The summed E-state index contributed by atoms with van der Waals surface area (Å²) < 4.78 is 10.1. The third-order valence-electron chi connectivity index (χ3n) is 1.51. The molecule has 0 heterocycles. The molecule has 0 saturated heterocycles. The lowest BCUT2D eigenvalue weighted by atomic mass is 10.1. The van der Waals surface area contributed by atoms with Crippen LogP contribution >= 0.6 is 0 Å². The van der Waals surface area contributed by atoms with Crippen molar-refractivity contribution in [2.24, 2.45) is 5.92 Å². The van der Waals surface area contributed by atoms with Crippen molar-refractivity contribution in [2.45, 2.75) is 33.0 Å². The predicted octanol–water partition coefficient (Wildman–Crippen LogP) is 2.04. The SMILES string of the molecule is COC(CCC(C)C)OC. The first-order chi connectivity index (χ1) is 4.70. The third-order valence-corrected chi connectivity index (χ3v) is 1.51. The van der Waals surface area contributed by atoms with Crippen LogP contribution in [-0.2, 0) is 9.47 Å². The summed E-state index contributed by atoms with van der Waals surface area (Å²) >= 11 is 0. The molecule has 0 saturated carbocycles. The van der Waals surface area contributed by atoms with Gasteiger partial charge in [-0.3, -0.25) is 0 Å². The Bertz CT molecular complexity index is 67.7. The van der Waals surface area contributed by atoms with Gasteiger partial charge in [0.05, 0.1) is 0 Å². The highest BCUT2D eigenvalue weighted by Crippen LogP contribution is 2.08. The fourth-order valence-corrected chi connectivity index (χ4v) is 0.801. The molecule has 0 rings (SSSR count). The van der Waals surface area contributed by atoms with E-state index in [1.54, 1.807) is 14.2 Å². The van der Waals surface area contributed by atoms with Crippen LogP contribution in [0.5, 0.6) is 0 Å². The van der Waals surface area contributed by atoms with Crippen LogP contribution in [0.25, 0.3) is 0 Å². The minimum absolute atomic E-state index is 0.0117. The van der Waals surface area contributed by atoms with Gasteiger partial charge in [-0.15, -0.1) is 0 Å². The van der Waals surface area contributed by atoms with Crippen molar-refractivity contribution in [3.8, 4) is 0 Å². The molecule has 0 bridgehead atoms. The van der Waals surface area contributed by atoms with Gasteiger partial charge in [-0.05, 0) is 18.8 Å². The van der Waals surface area contributed by atoms with E-state index in [2.05, 4.69) is 13.8 Å². The van der Waals surface area contributed by atoms with Crippen LogP contribution in [0.2, 0.25) is 0 Å². The Labute approximate surface area is 63.5 Å². The second kappa shape index (κ2) is 5.69. The van der Waals surface area contributed by atoms with Crippen molar-refractivity contribution >= 4 is 0 Å². The monoisotopic (exact) mass is 146 g/mol. The second-order valence-electron chi connectivity index (χ2n) is 2.87. The molecule has 2 heteroatoms. The first-order valence-corrected chi connectivity index (χ1v) is 3.76. The lowest BCUT2D eigenvalue weighted by Crippen LogP contribution is -2.13. The van der Waals surface area contributed by atoms with Gasteiger partial charge in [0.15, 0.2) is 6.29 Å². The number of hydrogen-bond donors (Lipinski definition) is 0. The van der Waals surface area contributed by atoms with Crippen LogP contribution in [-0.4, -0.2) is 20.5 Å². The predicted molar refractivity (Wildman–Crippen MR) is 41.9 cm³/mol. The fraction of sp³-hybridized carbons (Fsp3) is 1.00. The normalized spacial score (nSPS) is 11.4. The summed E-state index contributed by atoms with van der Waals surface area (Å²) in [4.78, 5) is 0. The van der Waals surface area contributed by atoms with Crippen molar-refractivity contribution in [1.82, 2.24) is 0 Å². The molecule has 0 amide bonds. The molecule has 0 N–H and O–H groups in total. The molecule has 0 aromatic carbocycles. The summed E-state index contributed by atoms with van der Waals surface area (Å²) in [5.74, 6) is 0.729. The quantitative estimate of drug-likeness (QED) is 0.552. The smallest absolute Gasteiger partial charge is 0.156 e. The molecule has 0 aliphatic heterocycles. The van der Waals surface area contributed by atoms with E-state index in [1.807, 2.05) is 0 Å². The van der Waals surface area contributed by atoms with Crippen molar-refractivity contribution < 1.29 is 9.47 Å². The van der Waals surface area contributed by atoms with Gasteiger partial charge in [0.2, 0.25) is 0 Å².